The topological polar surface area (TPSA) is 55.6 Å². The molecule has 0 spiro atoms. The number of nitrogens with two attached hydrogens (primary N) is 1. The fourth-order valence-corrected chi connectivity index (χ4v) is 2.78. The number of hydrogen-bond acceptors (Lipinski definition) is 3. The van der Waals surface area contributed by atoms with Gasteiger partial charge in [-0.25, -0.2) is 0 Å². The number of likely N-dealkylation sites (tertiary alicyclic amines) is 1. The van der Waals surface area contributed by atoms with Crippen molar-refractivity contribution >= 4 is 18.3 Å². The van der Waals surface area contributed by atoms with Crippen LogP contribution < -0.4 is 10.5 Å². The number of amides is 1. The molecule has 1 aliphatic rings. The molecule has 1 saturated heterocycles. The van der Waals surface area contributed by atoms with E-state index in [1.807, 2.05) is 17.0 Å². The molecule has 4 nitrogen and oxygen atoms in total. The van der Waals surface area contributed by atoms with Gasteiger partial charge in [0.2, 0.25) is 5.91 Å². The van der Waals surface area contributed by atoms with Crippen molar-refractivity contribution in [1.82, 2.24) is 4.90 Å². The van der Waals surface area contributed by atoms with Gasteiger partial charge in [-0.3, -0.25) is 4.79 Å². The van der Waals surface area contributed by atoms with E-state index >= 15 is 0 Å². The van der Waals surface area contributed by atoms with Gasteiger partial charge in [0.1, 0.15) is 5.75 Å². The van der Waals surface area contributed by atoms with E-state index in [0.29, 0.717) is 5.92 Å². The molecule has 2 rings (SSSR count). The lowest BCUT2D eigenvalue weighted by atomic mass is 9.98. The summed E-state index contributed by atoms with van der Waals surface area (Å²) in [5.41, 5.74) is 7.19. The molecule has 0 aromatic heterocycles. The third kappa shape index (κ3) is 4.35. The van der Waals surface area contributed by atoms with E-state index in [9.17, 15) is 4.79 Å². The van der Waals surface area contributed by atoms with Gasteiger partial charge in [0.15, 0.2) is 0 Å². The van der Waals surface area contributed by atoms with Crippen LogP contribution in [0.15, 0.2) is 24.3 Å². The van der Waals surface area contributed by atoms with Gasteiger partial charge in [0, 0.05) is 19.0 Å². The summed E-state index contributed by atoms with van der Waals surface area (Å²) in [6, 6.07) is 7.78. The fraction of sp³-hybridized carbons (Fsp3) is 0.562. The Hall–Kier alpha value is -1.26. The molecule has 1 aliphatic heterocycles. The summed E-state index contributed by atoms with van der Waals surface area (Å²) >= 11 is 0. The number of hydrogen-bond donors (Lipinski definition) is 1. The smallest absolute Gasteiger partial charge is 0.239 e. The van der Waals surface area contributed by atoms with Crippen LogP contribution in [0.4, 0.5) is 0 Å². The SMILES string of the molecule is CCCC(N)C(=O)N1CCC(c2ccc(OC)cc2)C1.Cl. The lowest BCUT2D eigenvalue weighted by molar-refractivity contribution is -0.131. The first kappa shape index (κ1) is 17.8. The van der Waals surface area contributed by atoms with Crippen molar-refractivity contribution in [3.05, 3.63) is 29.8 Å². The molecule has 1 aromatic rings. The molecule has 0 aliphatic carbocycles. The Balaban J connectivity index is 0.00000220. The number of carbonyl (C=O) groups excluding carboxylic acids is 1. The van der Waals surface area contributed by atoms with Gasteiger partial charge < -0.3 is 15.4 Å². The maximum absolute atomic E-state index is 12.2. The molecule has 0 saturated carbocycles. The Morgan fingerprint density at radius 2 is 2.10 bits per heavy atom. The normalized spacial score (nSPS) is 19.0. The Morgan fingerprint density at radius 1 is 1.43 bits per heavy atom. The van der Waals surface area contributed by atoms with E-state index in [2.05, 4.69) is 19.1 Å². The van der Waals surface area contributed by atoms with Gasteiger partial charge in [0.05, 0.1) is 13.2 Å². The van der Waals surface area contributed by atoms with Crippen LogP contribution in [-0.4, -0.2) is 37.0 Å². The van der Waals surface area contributed by atoms with Gasteiger partial charge in [-0.2, -0.15) is 0 Å². The molecule has 2 unspecified atom stereocenters. The molecule has 5 heteroatoms. The van der Waals surface area contributed by atoms with E-state index in [1.165, 1.54) is 5.56 Å². The lowest BCUT2D eigenvalue weighted by Gasteiger charge is -2.20. The molecule has 1 fully saturated rings. The van der Waals surface area contributed by atoms with Crippen molar-refractivity contribution in [2.75, 3.05) is 20.2 Å². The first-order valence-electron chi connectivity index (χ1n) is 7.34. The lowest BCUT2D eigenvalue weighted by Crippen LogP contribution is -2.42. The number of methoxy groups -OCH3 is 1. The van der Waals surface area contributed by atoms with E-state index in [4.69, 9.17) is 10.5 Å². The average molecular weight is 313 g/mol. The zero-order valence-corrected chi connectivity index (χ0v) is 13.6. The maximum Gasteiger partial charge on any atom is 0.239 e. The van der Waals surface area contributed by atoms with Crippen LogP contribution in [0.3, 0.4) is 0 Å². The van der Waals surface area contributed by atoms with Crippen LogP contribution in [0, 0.1) is 0 Å². The number of rotatable bonds is 5. The highest BCUT2D eigenvalue weighted by atomic mass is 35.5. The standard InChI is InChI=1S/C16H24N2O2.ClH/c1-3-4-15(17)16(19)18-10-9-13(11-18)12-5-7-14(20-2)8-6-12;/h5-8,13,15H,3-4,9-11,17H2,1-2H3;1H. The molecule has 118 valence electrons. The highest BCUT2D eigenvalue weighted by Crippen LogP contribution is 2.28. The zero-order valence-electron chi connectivity index (χ0n) is 12.7. The second kappa shape index (κ2) is 8.25. The van der Waals surface area contributed by atoms with E-state index in [1.54, 1.807) is 7.11 Å². The first-order valence-corrected chi connectivity index (χ1v) is 7.34. The number of carbonyl (C=O) groups is 1. The monoisotopic (exact) mass is 312 g/mol. The largest absolute Gasteiger partial charge is 0.497 e. The van der Waals surface area contributed by atoms with Gasteiger partial charge >= 0.3 is 0 Å². The predicted octanol–water partition coefficient (Wildman–Crippen LogP) is 2.56. The van der Waals surface area contributed by atoms with Crippen LogP contribution in [0.5, 0.6) is 5.75 Å². The van der Waals surface area contributed by atoms with Crippen molar-refractivity contribution in [2.45, 2.75) is 38.1 Å². The summed E-state index contributed by atoms with van der Waals surface area (Å²) in [6.07, 6.45) is 2.72. The van der Waals surface area contributed by atoms with Crippen molar-refractivity contribution in [1.29, 1.82) is 0 Å². The Kier molecular flexibility index (Phi) is 6.99. The summed E-state index contributed by atoms with van der Waals surface area (Å²) in [4.78, 5) is 14.1. The molecule has 21 heavy (non-hydrogen) atoms. The molecular formula is C16H25ClN2O2. The number of ether oxygens (including phenoxy) is 1. The molecule has 2 atom stereocenters. The minimum Gasteiger partial charge on any atom is -0.497 e. The van der Waals surface area contributed by atoms with Crippen LogP contribution >= 0.6 is 12.4 Å². The number of nitrogens with zero attached hydrogens (tertiary/aromatic N) is 1. The number of benzene rings is 1. The highest BCUT2D eigenvalue weighted by Gasteiger charge is 2.29. The van der Waals surface area contributed by atoms with Gasteiger partial charge in [-0.15, -0.1) is 12.4 Å². The summed E-state index contributed by atoms with van der Waals surface area (Å²) in [6.45, 7) is 3.65. The second-order valence-electron chi connectivity index (χ2n) is 5.44. The molecule has 1 aromatic carbocycles. The van der Waals surface area contributed by atoms with Crippen LogP contribution in [-0.2, 0) is 4.79 Å². The van der Waals surface area contributed by atoms with Crippen LogP contribution in [0.2, 0.25) is 0 Å². The van der Waals surface area contributed by atoms with Crippen molar-refractivity contribution in [3.63, 3.8) is 0 Å². The van der Waals surface area contributed by atoms with E-state index in [0.717, 1.165) is 38.1 Å². The van der Waals surface area contributed by atoms with Gasteiger partial charge in [0.25, 0.3) is 0 Å². The second-order valence-corrected chi connectivity index (χ2v) is 5.44. The average Bonchev–Trinajstić information content (AvgIpc) is 2.96. The summed E-state index contributed by atoms with van der Waals surface area (Å²) < 4.78 is 5.17. The van der Waals surface area contributed by atoms with E-state index in [-0.39, 0.29) is 24.4 Å². The van der Waals surface area contributed by atoms with E-state index < -0.39 is 0 Å². The third-order valence-electron chi connectivity index (χ3n) is 4.00. The fourth-order valence-electron chi connectivity index (χ4n) is 2.78. The Labute approximate surface area is 133 Å². The predicted molar refractivity (Wildman–Crippen MR) is 87.1 cm³/mol. The molecule has 1 heterocycles. The zero-order chi connectivity index (χ0) is 14.5. The van der Waals surface area contributed by atoms with Crippen molar-refractivity contribution in [2.24, 2.45) is 5.73 Å². The van der Waals surface area contributed by atoms with Crippen molar-refractivity contribution < 1.29 is 9.53 Å². The third-order valence-corrected chi connectivity index (χ3v) is 4.00. The van der Waals surface area contributed by atoms with Gasteiger partial charge in [-0.05, 0) is 30.5 Å². The maximum atomic E-state index is 12.2. The quantitative estimate of drug-likeness (QED) is 0.909. The molecule has 0 bridgehead atoms. The summed E-state index contributed by atoms with van der Waals surface area (Å²) in [7, 11) is 1.67. The molecule has 1 amide bonds. The minimum atomic E-state index is -0.338. The minimum absolute atomic E-state index is 0. The van der Waals surface area contributed by atoms with Crippen LogP contribution in [0.25, 0.3) is 0 Å². The van der Waals surface area contributed by atoms with Crippen molar-refractivity contribution in [3.8, 4) is 5.75 Å². The Morgan fingerprint density at radius 3 is 2.67 bits per heavy atom. The first-order chi connectivity index (χ1) is 9.65. The molecular weight excluding hydrogens is 288 g/mol. The summed E-state index contributed by atoms with van der Waals surface area (Å²) in [5.74, 6) is 1.38. The van der Waals surface area contributed by atoms with Crippen LogP contribution in [0.1, 0.15) is 37.7 Å². The van der Waals surface area contributed by atoms with Gasteiger partial charge in [-0.1, -0.05) is 25.5 Å². The summed E-state index contributed by atoms with van der Waals surface area (Å²) in [5, 5.41) is 0. The highest BCUT2D eigenvalue weighted by molar-refractivity contribution is 5.85. The Bertz CT molecular complexity index is 450. The molecule has 2 N–H and O–H groups in total. The number of halogens is 1. The molecule has 0 radical (unpaired) electrons.